The van der Waals surface area contributed by atoms with Crippen LogP contribution in [0.2, 0.25) is 5.02 Å². The molecule has 1 fully saturated rings. The van der Waals surface area contributed by atoms with Gasteiger partial charge in [0, 0.05) is 23.2 Å². The number of benzene rings is 1. The van der Waals surface area contributed by atoms with Crippen molar-refractivity contribution in [2.45, 2.75) is 6.92 Å². The molecule has 6 heteroatoms. The number of hydrogen-bond acceptors (Lipinski definition) is 3. The Bertz CT molecular complexity index is 708. The van der Waals surface area contributed by atoms with Crippen LogP contribution in [0.1, 0.15) is 12.5 Å². The third-order valence-corrected chi connectivity index (χ3v) is 5.00. The quantitative estimate of drug-likeness (QED) is 0.782. The van der Waals surface area contributed by atoms with Gasteiger partial charge in [0.1, 0.15) is 4.32 Å². The summed E-state index contributed by atoms with van der Waals surface area (Å²) in [5, 5.41) is 5.07. The van der Waals surface area contributed by atoms with Gasteiger partial charge in [-0.2, -0.15) is 5.10 Å². The van der Waals surface area contributed by atoms with Crippen LogP contribution in [-0.2, 0) is 0 Å². The number of nitrogens with zero attached hydrogens (tertiary/aromatic N) is 3. The molecule has 1 saturated heterocycles. The molecule has 1 aliphatic heterocycles. The number of hydrogen-bond donors (Lipinski definition) is 0. The van der Waals surface area contributed by atoms with E-state index in [0.29, 0.717) is 5.02 Å². The summed E-state index contributed by atoms with van der Waals surface area (Å²) in [5.74, 6) is 0. The molecule has 1 aliphatic rings. The lowest BCUT2D eigenvalue weighted by Gasteiger charge is -2.11. The predicted molar refractivity (Wildman–Crippen MR) is 94.0 cm³/mol. The first-order chi connectivity index (χ1) is 10.2. The number of thioether (sulfide) groups is 1. The highest BCUT2D eigenvalue weighted by Gasteiger charge is 2.20. The number of thiocarbonyl (C=S) groups is 1. The average Bonchev–Trinajstić information content (AvgIpc) is 3.06. The Balaban J connectivity index is 1.83. The molecule has 108 valence electrons. The summed E-state index contributed by atoms with van der Waals surface area (Å²) in [5.41, 5.74) is 1.94. The summed E-state index contributed by atoms with van der Waals surface area (Å²) in [6, 6.07) is 7.67. The van der Waals surface area contributed by atoms with Gasteiger partial charge in [-0.1, -0.05) is 47.7 Å². The lowest BCUT2D eigenvalue weighted by molar-refractivity contribution is 0.511. The summed E-state index contributed by atoms with van der Waals surface area (Å²) in [6.45, 7) is 3.95. The fraction of sp³-hybridized carbons (Fsp3) is 0.200. The molecule has 0 bridgehead atoms. The lowest BCUT2D eigenvalue weighted by Crippen LogP contribution is -2.21. The molecule has 3 rings (SSSR count). The number of rotatable bonds is 3. The van der Waals surface area contributed by atoms with Crippen LogP contribution in [0.4, 0.5) is 0 Å². The second-order valence-corrected chi connectivity index (χ2v) is 6.83. The van der Waals surface area contributed by atoms with E-state index >= 15 is 0 Å². The van der Waals surface area contributed by atoms with Crippen LogP contribution in [0.25, 0.3) is 11.8 Å². The normalized spacial score (nSPS) is 17.0. The van der Waals surface area contributed by atoms with Crippen LogP contribution in [0.15, 0.2) is 41.6 Å². The van der Waals surface area contributed by atoms with E-state index in [2.05, 4.69) is 23.0 Å². The van der Waals surface area contributed by atoms with Crippen LogP contribution in [0.5, 0.6) is 0 Å². The van der Waals surface area contributed by atoms with E-state index in [1.54, 1.807) is 16.4 Å². The maximum Gasteiger partial charge on any atom is 0.141 e. The van der Waals surface area contributed by atoms with E-state index in [9.17, 15) is 0 Å². The van der Waals surface area contributed by atoms with Gasteiger partial charge >= 0.3 is 0 Å². The maximum atomic E-state index is 6.19. The smallest absolute Gasteiger partial charge is 0.141 e. The molecule has 21 heavy (non-hydrogen) atoms. The van der Waals surface area contributed by atoms with Crippen molar-refractivity contribution < 1.29 is 0 Å². The Morgan fingerprint density at radius 1 is 1.43 bits per heavy atom. The zero-order valence-corrected chi connectivity index (χ0v) is 13.9. The van der Waals surface area contributed by atoms with Crippen LogP contribution >= 0.6 is 35.6 Å². The van der Waals surface area contributed by atoms with Crippen LogP contribution in [0.3, 0.4) is 0 Å². The Morgan fingerprint density at radius 2 is 2.24 bits per heavy atom. The van der Waals surface area contributed by atoms with Crippen LogP contribution < -0.4 is 0 Å². The van der Waals surface area contributed by atoms with Gasteiger partial charge in [-0.3, -0.25) is 0 Å². The largest absolute Gasteiger partial charge is 0.353 e. The fourth-order valence-corrected chi connectivity index (χ4v) is 3.84. The van der Waals surface area contributed by atoms with E-state index < -0.39 is 0 Å². The molecule has 0 unspecified atom stereocenters. The summed E-state index contributed by atoms with van der Waals surface area (Å²) in [4.78, 5) is 3.44. The minimum absolute atomic E-state index is 0.688. The maximum absolute atomic E-state index is 6.19. The molecule has 3 nitrogen and oxygen atoms in total. The van der Waals surface area contributed by atoms with E-state index in [4.69, 9.17) is 23.8 Å². The first-order valence-electron chi connectivity index (χ1n) is 6.64. The van der Waals surface area contributed by atoms with Crippen molar-refractivity contribution in [2.24, 2.45) is 0 Å². The van der Waals surface area contributed by atoms with Gasteiger partial charge in [-0.05, 0) is 25.1 Å². The van der Waals surface area contributed by atoms with E-state index in [1.165, 1.54) is 4.91 Å². The zero-order valence-electron chi connectivity index (χ0n) is 11.5. The van der Waals surface area contributed by atoms with Crippen molar-refractivity contribution >= 4 is 46.0 Å². The highest BCUT2D eigenvalue weighted by atomic mass is 35.5. The lowest BCUT2D eigenvalue weighted by atomic mass is 10.3. The van der Waals surface area contributed by atoms with Crippen molar-refractivity contribution in [1.29, 1.82) is 0 Å². The fourth-order valence-electron chi connectivity index (χ4n) is 2.14. The number of halogens is 1. The highest BCUT2D eigenvalue weighted by Crippen LogP contribution is 2.31. The van der Waals surface area contributed by atoms with Crippen molar-refractivity contribution in [1.82, 2.24) is 14.7 Å². The van der Waals surface area contributed by atoms with Gasteiger partial charge in [0.15, 0.2) is 0 Å². The zero-order chi connectivity index (χ0) is 14.8. The summed E-state index contributed by atoms with van der Waals surface area (Å²) < 4.78 is 2.74. The van der Waals surface area contributed by atoms with Crippen molar-refractivity contribution in [3.63, 3.8) is 0 Å². The standard InChI is InChI=1S/C15H14ClN3S2/c1-2-18-10-12(21-15(18)20)7-11-8-17-19(9-11)14-6-4-3-5-13(14)16/h3-9H,2,10H2,1H3/b12-7-. The Morgan fingerprint density at radius 3 is 2.95 bits per heavy atom. The molecule has 1 aromatic carbocycles. The topological polar surface area (TPSA) is 21.1 Å². The summed E-state index contributed by atoms with van der Waals surface area (Å²) >= 11 is 13.2. The summed E-state index contributed by atoms with van der Waals surface area (Å²) in [6.07, 6.45) is 5.95. The molecular weight excluding hydrogens is 322 g/mol. The predicted octanol–water partition coefficient (Wildman–Crippen LogP) is 4.22. The molecule has 0 spiro atoms. The second kappa shape index (κ2) is 6.22. The monoisotopic (exact) mass is 335 g/mol. The Kier molecular flexibility index (Phi) is 4.33. The number of aromatic nitrogens is 2. The first-order valence-corrected chi connectivity index (χ1v) is 8.24. The van der Waals surface area contributed by atoms with Crippen LogP contribution in [0, 0.1) is 0 Å². The van der Waals surface area contributed by atoms with Gasteiger partial charge in [-0.25, -0.2) is 4.68 Å². The number of para-hydroxylation sites is 1. The number of likely N-dealkylation sites (N-methyl/N-ethyl adjacent to an activating group) is 1. The van der Waals surface area contributed by atoms with Gasteiger partial charge in [0.2, 0.25) is 0 Å². The molecule has 0 amide bonds. The van der Waals surface area contributed by atoms with Gasteiger partial charge in [0.05, 0.1) is 23.5 Å². The van der Waals surface area contributed by atoms with E-state index in [-0.39, 0.29) is 0 Å². The second-order valence-electron chi connectivity index (χ2n) is 4.66. The molecule has 1 aromatic heterocycles. The Labute approximate surface area is 138 Å². The van der Waals surface area contributed by atoms with Crippen molar-refractivity contribution in [3.8, 4) is 5.69 Å². The Hall–Kier alpha value is -1.30. The molecule has 0 atom stereocenters. The third kappa shape index (κ3) is 3.15. The molecule has 0 saturated carbocycles. The third-order valence-electron chi connectivity index (χ3n) is 3.23. The highest BCUT2D eigenvalue weighted by molar-refractivity contribution is 8.25. The summed E-state index contributed by atoms with van der Waals surface area (Å²) in [7, 11) is 0. The van der Waals surface area contributed by atoms with Crippen LogP contribution in [-0.4, -0.2) is 32.1 Å². The molecule has 2 aromatic rings. The minimum Gasteiger partial charge on any atom is -0.353 e. The molecule has 0 radical (unpaired) electrons. The average molecular weight is 336 g/mol. The van der Waals surface area contributed by atoms with Gasteiger partial charge in [-0.15, -0.1) is 0 Å². The van der Waals surface area contributed by atoms with Gasteiger partial charge in [0.25, 0.3) is 0 Å². The van der Waals surface area contributed by atoms with E-state index in [0.717, 1.165) is 28.7 Å². The van der Waals surface area contributed by atoms with Crippen molar-refractivity contribution in [3.05, 3.63) is 52.2 Å². The molecule has 2 heterocycles. The van der Waals surface area contributed by atoms with E-state index in [1.807, 2.05) is 36.7 Å². The minimum atomic E-state index is 0.688. The van der Waals surface area contributed by atoms with Gasteiger partial charge < -0.3 is 4.90 Å². The molecule has 0 aliphatic carbocycles. The molecular formula is C15H14ClN3S2. The SMILES string of the molecule is CCN1C/C(=C/c2cnn(-c3ccccc3Cl)c2)SC1=S. The van der Waals surface area contributed by atoms with Crippen molar-refractivity contribution in [2.75, 3.05) is 13.1 Å². The molecule has 0 N–H and O–H groups in total. The first kappa shape index (κ1) is 14.6.